The summed E-state index contributed by atoms with van der Waals surface area (Å²) >= 11 is -2.48. The van der Waals surface area contributed by atoms with Gasteiger partial charge in [-0.3, -0.25) is 0 Å². The van der Waals surface area contributed by atoms with E-state index in [1.54, 1.807) is 0 Å². The summed E-state index contributed by atoms with van der Waals surface area (Å²) in [7, 11) is 0. The predicted octanol–water partition coefficient (Wildman–Crippen LogP) is 7.75. The molecule has 0 unspecified atom stereocenters. The minimum atomic E-state index is -7.37. The fraction of sp³-hybridized carbons (Fsp3) is 0.333. The van der Waals surface area contributed by atoms with Gasteiger partial charge in [0.05, 0.1) is 10.5 Å². The molecule has 2 heterocycles. The van der Waals surface area contributed by atoms with Crippen molar-refractivity contribution in [1.29, 1.82) is 0 Å². The van der Waals surface area contributed by atoms with E-state index >= 15 is 4.39 Å². The molecule has 1 aliphatic carbocycles. The molecule has 0 spiro atoms. The maximum atomic E-state index is 15.2. The van der Waals surface area contributed by atoms with Gasteiger partial charge in [-0.25, -0.2) is 17.6 Å². The van der Waals surface area contributed by atoms with Crippen molar-refractivity contribution in [2.45, 2.75) is 29.4 Å². The lowest BCUT2D eigenvalue weighted by Gasteiger charge is -2.33. The van der Waals surface area contributed by atoms with Crippen LogP contribution >= 0.6 is 22.7 Å². The van der Waals surface area contributed by atoms with Gasteiger partial charge in [-0.1, -0.05) is 22.7 Å². The first-order chi connectivity index (χ1) is 14.7. The minimum Gasteiger partial charge on any atom is -0.224 e. The summed E-state index contributed by atoms with van der Waals surface area (Å²) in [4.78, 5) is -5.10. The molecule has 1 aliphatic rings. The summed E-state index contributed by atoms with van der Waals surface area (Å²) in [6.07, 6.45) is 0. The Morgan fingerprint density at radius 3 is 1.12 bits per heavy atom. The van der Waals surface area contributed by atoms with Gasteiger partial charge in [-0.05, 0) is 0 Å². The fourth-order valence-electron chi connectivity index (χ4n) is 2.89. The molecule has 0 N–H and O–H groups in total. The van der Waals surface area contributed by atoms with Gasteiger partial charge in [-0.2, -0.15) is 52.7 Å². The maximum absolute atomic E-state index is 15.2. The quantitative estimate of drug-likeness (QED) is 0.345. The zero-order valence-electron chi connectivity index (χ0n) is 14.4. The normalized spacial score (nSPS) is 23.0. The molecule has 0 amide bonds. The molecule has 18 heteroatoms. The topological polar surface area (TPSA) is 0 Å². The van der Waals surface area contributed by atoms with Crippen LogP contribution in [0.5, 0.6) is 0 Å². The Hall–Kier alpha value is -1.98. The molecule has 2 aromatic heterocycles. The van der Waals surface area contributed by atoms with Gasteiger partial charge >= 0.3 is 23.7 Å². The van der Waals surface area contributed by atoms with Gasteiger partial charge < -0.3 is 0 Å². The van der Waals surface area contributed by atoms with Crippen LogP contribution in [-0.4, -0.2) is 29.4 Å². The first kappa shape index (κ1) is 25.6. The monoisotopic (exact) mass is 548 g/mol. The average molecular weight is 548 g/mol. The van der Waals surface area contributed by atoms with Crippen molar-refractivity contribution in [3.63, 3.8) is 0 Å². The first-order valence-electron chi connectivity index (χ1n) is 7.59. The van der Waals surface area contributed by atoms with Crippen LogP contribution in [0.4, 0.5) is 70.2 Å². The van der Waals surface area contributed by atoms with Crippen LogP contribution in [0, 0.1) is 33.5 Å². The van der Waals surface area contributed by atoms with E-state index in [2.05, 4.69) is 0 Å². The van der Waals surface area contributed by atoms with Crippen molar-refractivity contribution < 1.29 is 70.2 Å². The average Bonchev–Trinajstić information content (AvgIpc) is 3.12. The molecule has 0 saturated heterocycles. The highest BCUT2D eigenvalue weighted by atomic mass is 32.1. The SMILES string of the molecule is FC(=C(c1sc(F)c(F)c1F)C1(F)C(F)(F)C(F)(F)C(F)(F)C1(F)F)c1sc(F)c(F)c1F. The number of thiophene rings is 2. The Kier molecular flexibility index (Phi) is 5.45. The van der Waals surface area contributed by atoms with E-state index in [1.165, 1.54) is 0 Å². The van der Waals surface area contributed by atoms with Crippen molar-refractivity contribution in [1.82, 2.24) is 0 Å². The first-order valence-corrected chi connectivity index (χ1v) is 9.22. The summed E-state index contributed by atoms with van der Waals surface area (Å²) in [5, 5.41) is -4.89. The molecule has 2 aromatic rings. The number of allylic oxidation sites excluding steroid dienone is 1. The summed E-state index contributed by atoms with van der Waals surface area (Å²) < 4.78 is 222. The fourth-order valence-corrected chi connectivity index (χ4v) is 4.49. The van der Waals surface area contributed by atoms with Gasteiger partial charge in [0.25, 0.3) is 5.67 Å². The molecule has 0 atom stereocenters. The highest BCUT2D eigenvalue weighted by Gasteiger charge is 3.01. The Morgan fingerprint density at radius 2 is 0.818 bits per heavy atom. The van der Waals surface area contributed by atoms with E-state index in [9.17, 15) is 65.9 Å². The smallest absolute Gasteiger partial charge is 0.224 e. The molecular weight excluding hydrogens is 548 g/mol. The highest BCUT2D eigenvalue weighted by Crippen LogP contribution is 2.73. The molecule has 0 radical (unpaired) electrons. The van der Waals surface area contributed by atoms with Crippen LogP contribution in [-0.2, 0) is 0 Å². The third kappa shape index (κ3) is 2.72. The Morgan fingerprint density at radius 1 is 0.485 bits per heavy atom. The van der Waals surface area contributed by atoms with Gasteiger partial charge in [0.15, 0.2) is 17.5 Å². The second kappa shape index (κ2) is 7.02. The van der Waals surface area contributed by atoms with Crippen LogP contribution < -0.4 is 0 Å². The van der Waals surface area contributed by atoms with E-state index in [-0.39, 0.29) is 0 Å². The molecular formula is C15F16S2. The van der Waals surface area contributed by atoms with Crippen LogP contribution in [0.25, 0.3) is 11.4 Å². The van der Waals surface area contributed by atoms with Crippen molar-refractivity contribution in [3.05, 3.63) is 43.3 Å². The number of hydrogen-bond acceptors (Lipinski definition) is 2. The predicted molar refractivity (Wildman–Crippen MR) is 79.9 cm³/mol. The molecule has 184 valence electrons. The van der Waals surface area contributed by atoms with Crippen molar-refractivity contribution in [3.8, 4) is 0 Å². The number of rotatable bonds is 3. The van der Waals surface area contributed by atoms with Crippen molar-refractivity contribution >= 4 is 34.1 Å². The molecule has 3 rings (SSSR count). The Labute approximate surface area is 177 Å². The van der Waals surface area contributed by atoms with Gasteiger partial charge in [0.2, 0.25) is 21.9 Å². The third-order valence-electron chi connectivity index (χ3n) is 4.55. The second-order valence-electron chi connectivity index (χ2n) is 6.31. The van der Waals surface area contributed by atoms with Crippen molar-refractivity contribution in [2.24, 2.45) is 0 Å². The lowest BCUT2D eigenvalue weighted by molar-refractivity contribution is -0.303. The summed E-state index contributed by atoms with van der Waals surface area (Å²) in [6, 6.07) is 0. The van der Waals surface area contributed by atoms with Gasteiger partial charge in [0.1, 0.15) is 4.88 Å². The van der Waals surface area contributed by atoms with Crippen LogP contribution in [0.3, 0.4) is 0 Å². The number of halogens is 16. The van der Waals surface area contributed by atoms with Gasteiger partial charge in [0, 0.05) is 0 Å². The second-order valence-corrected chi connectivity index (χ2v) is 8.25. The van der Waals surface area contributed by atoms with Gasteiger partial charge in [-0.15, -0.1) is 0 Å². The summed E-state index contributed by atoms with van der Waals surface area (Å²) in [6.45, 7) is 0. The van der Waals surface area contributed by atoms with Crippen LogP contribution in [0.2, 0.25) is 0 Å². The van der Waals surface area contributed by atoms with Crippen LogP contribution in [0.1, 0.15) is 9.75 Å². The zero-order valence-corrected chi connectivity index (χ0v) is 16.0. The summed E-state index contributed by atoms with van der Waals surface area (Å²) in [5.41, 5.74) is -10.7. The zero-order chi connectivity index (χ0) is 25.7. The minimum absolute atomic E-state index is 1.14. The number of alkyl halides is 9. The van der Waals surface area contributed by atoms with E-state index in [0.717, 1.165) is 0 Å². The summed E-state index contributed by atoms with van der Waals surface area (Å²) in [5.74, 6) is -44.1. The Balaban J connectivity index is 2.58. The molecule has 0 aromatic carbocycles. The lowest BCUT2D eigenvalue weighted by Crippen LogP contribution is -2.55. The molecule has 1 fully saturated rings. The molecule has 33 heavy (non-hydrogen) atoms. The van der Waals surface area contributed by atoms with E-state index in [0.29, 0.717) is 0 Å². The standard InChI is InChI=1S/C15F16S2/c16-2(8-4(18)6(20)10(22)33-8)1(7-3(17)5(19)9(21)32-7)11(23)12(24,25)14(28,29)15(30,31)13(11,26)27. The van der Waals surface area contributed by atoms with E-state index in [4.69, 9.17) is 0 Å². The largest absolute Gasteiger partial charge is 0.382 e. The molecule has 0 nitrogen and oxygen atoms in total. The van der Waals surface area contributed by atoms with Crippen molar-refractivity contribution in [2.75, 3.05) is 0 Å². The Bertz CT molecular complexity index is 1140. The maximum Gasteiger partial charge on any atom is 0.382 e. The molecule has 0 bridgehead atoms. The van der Waals surface area contributed by atoms with E-state index < -0.39 is 107 Å². The number of hydrogen-bond donors (Lipinski definition) is 0. The van der Waals surface area contributed by atoms with E-state index in [1.807, 2.05) is 0 Å². The van der Waals surface area contributed by atoms with Crippen LogP contribution in [0.15, 0.2) is 0 Å². The third-order valence-corrected chi connectivity index (χ3v) is 6.42. The lowest BCUT2D eigenvalue weighted by atomic mass is 9.85. The molecule has 1 saturated carbocycles. The highest BCUT2D eigenvalue weighted by molar-refractivity contribution is 7.12. The molecule has 0 aliphatic heterocycles.